The van der Waals surface area contributed by atoms with E-state index in [1.54, 1.807) is 10.6 Å². The van der Waals surface area contributed by atoms with Gasteiger partial charge in [0.15, 0.2) is 0 Å². The summed E-state index contributed by atoms with van der Waals surface area (Å²) in [4.78, 5) is 8.14. The number of hydrogen-bond donors (Lipinski definition) is 1. The van der Waals surface area contributed by atoms with Gasteiger partial charge in [0, 0.05) is 12.6 Å². The van der Waals surface area contributed by atoms with Gasteiger partial charge >= 0.3 is 0 Å². The first-order valence-electron chi connectivity index (χ1n) is 6.39. The highest BCUT2D eigenvalue weighted by Crippen LogP contribution is 2.18. The summed E-state index contributed by atoms with van der Waals surface area (Å²) in [5.74, 6) is 1.66. The average molecular weight is 288 g/mol. The molecule has 0 aliphatic carbocycles. The lowest BCUT2D eigenvalue weighted by atomic mass is 10.0. The fourth-order valence-corrected chi connectivity index (χ4v) is 2.25. The van der Waals surface area contributed by atoms with Crippen molar-refractivity contribution in [1.82, 2.24) is 19.6 Å². The van der Waals surface area contributed by atoms with E-state index < -0.39 is 0 Å². The summed E-state index contributed by atoms with van der Waals surface area (Å²) in [6.45, 7) is 2.95. The third-order valence-corrected chi connectivity index (χ3v) is 3.37. The summed E-state index contributed by atoms with van der Waals surface area (Å²) < 4.78 is 1.64. The van der Waals surface area contributed by atoms with Crippen LogP contribution in [0.15, 0.2) is 42.7 Å². The number of hydrogen-bond acceptors (Lipinski definition) is 4. The van der Waals surface area contributed by atoms with Crippen LogP contribution in [-0.2, 0) is 0 Å². The fourth-order valence-electron chi connectivity index (χ4n) is 2.07. The summed E-state index contributed by atoms with van der Waals surface area (Å²) >= 11 is 5.98. The number of halogens is 1. The molecule has 0 radical (unpaired) electrons. The van der Waals surface area contributed by atoms with E-state index in [1.165, 1.54) is 11.9 Å². The molecule has 20 heavy (non-hydrogen) atoms. The van der Waals surface area contributed by atoms with Gasteiger partial charge in [0.2, 0.25) is 0 Å². The molecule has 3 rings (SSSR count). The van der Waals surface area contributed by atoms with Crippen molar-refractivity contribution in [3.63, 3.8) is 0 Å². The van der Waals surface area contributed by atoms with E-state index >= 15 is 0 Å². The number of benzene rings is 1. The van der Waals surface area contributed by atoms with Gasteiger partial charge in [-0.1, -0.05) is 48.9 Å². The van der Waals surface area contributed by atoms with Crippen LogP contribution >= 0.6 is 11.6 Å². The van der Waals surface area contributed by atoms with Crippen LogP contribution in [0.2, 0.25) is 5.15 Å². The van der Waals surface area contributed by atoms with Crippen molar-refractivity contribution >= 4 is 23.2 Å². The third kappa shape index (κ3) is 2.58. The van der Waals surface area contributed by atoms with Crippen LogP contribution in [-0.4, -0.2) is 26.1 Å². The summed E-state index contributed by atoms with van der Waals surface area (Å²) in [7, 11) is 0. The monoisotopic (exact) mass is 287 g/mol. The lowest BCUT2D eigenvalue weighted by Crippen LogP contribution is -2.13. The van der Waals surface area contributed by atoms with Crippen molar-refractivity contribution in [3.05, 3.63) is 53.4 Å². The molecule has 0 aliphatic heterocycles. The second-order valence-corrected chi connectivity index (χ2v) is 5.02. The Balaban J connectivity index is 1.78. The minimum atomic E-state index is 0.377. The van der Waals surface area contributed by atoms with Crippen LogP contribution in [0, 0.1) is 0 Å². The zero-order valence-corrected chi connectivity index (χ0v) is 11.7. The van der Waals surface area contributed by atoms with Crippen molar-refractivity contribution in [1.29, 1.82) is 0 Å². The normalized spacial score (nSPS) is 12.5. The van der Waals surface area contributed by atoms with Crippen molar-refractivity contribution < 1.29 is 0 Å². The lowest BCUT2D eigenvalue weighted by molar-refractivity contribution is 0.792. The Morgan fingerprint density at radius 3 is 2.90 bits per heavy atom. The molecule has 0 fully saturated rings. The second kappa shape index (κ2) is 5.46. The lowest BCUT2D eigenvalue weighted by Gasteiger charge is -2.14. The van der Waals surface area contributed by atoms with Crippen LogP contribution in [0.1, 0.15) is 18.4 Å². The summed E-state index contributed by atoms with van der Waals surface area (Å²) in [6.07, 6.45) is 1.46. The molecule has 1 N–H and O–H groups in total. The molecule has 2 aromatic heterocycles. The number of aromatic nitrogens is 4. The largest absolute Gasteiger partial charge is 0.369 e. The van der Waals surface area contributed by atoms with Gasteiger partial charge in [-0.05, 0) is 11.5 Å². The number of nitrogens with one attached hydrogen (secondary N) is 1. The number of rotatable bonds is 4. The molecule has 2 heterocycles. The number of fused-ring (bicyclic) bond motifs is 1. The Kier molecular flexibility index (Phi) is 3.52. The van der Waals surface area contributed by atoms with Crippen molar-refractivity contribution in [2.75, 3.05) is 11.9 Å². The molecule has 0 spiro atoms. The van der Waals surface area contributed by atoms with Gasteiger partial charge in [-0.25, -0.2) is 0 Å². The maximum atomic E-state index is 5.98. The van der Waals surface area contributed by atoms with E-state index in [0.717, 1.165) is 12.4 Å². The first-order valence-corrected chi connectivity index (χ1v) is 6.77. The van der Waals surface area contributed by atoms with E-state index in [2.05, 4.69) is 39.4 Å². The molecule has 0 saturated heterocycles. The minimum absolute atomic E-state index is 0.377. The van der Waals surface area contributed by atoms with Gasteiger partial charge < -0.3 is 5.32 Å². The minimum Gasteiger partial charge on any atom is -0.369 e. The first kappa shape index (κ1) is 12.9. The molecule has 1 aromatic carbocycles. The SMILES string of the molecule is CC(CNc1cc(Cl)nc2ncnn12)c1ccccc1. The van der Waals surface area contributed by atoms with Crippen LogP contribution in [0.5, 0.6) is 0 Å². The molecule has 0 aliphatic rings. The molecule has 1 atom stereocenters. The Morgan fingerprint density at radius 1 is 1.30 bits per heavy atom. The van der Waals surface area contributed by atoms with Gasteiger partial charge in [0.25, 0.3) is 5.78 Å². The Bertz CT molecular complexity index is 710. The van der Waals surface area contributed by atoms with Crippen LogP contribution in [0.4, 0.5) is 5.82 Å². The zero-order chi connectivity index (χ0) is 13.9. The van der Waals surface area contributed by atoms with Gasteiger partial charge in [0.05, 0.1) is 0 Å². The maximum Gasteiger partial charge on any atom is 0.255 e. The summed E-state index contributed by atoms with van der Waals surface area (Å²) in [6, 6.07) is 12.1. The van der Waals surface area contributed by atoms with E-state index in [9.17, 15) is 0 Å². The van der Waals surface area contributed by atoms with E-state index in [4.69, 9.17) is 11.6 Å². The van der Waals surface area contributed by atoms with Gasteiger partial charge in [0.1, 0.15) is 17.3 Å². The second-order valence-electron chi connectivity index (χ2n) is 4.63. The van der Waals surface area contributed by atoms with Crippen molar-refractivity contribution in [3.8, 4) is 0 Å². The molecule has 5 nitrogen and oxygen atoms in total. The molecule has 0 amide bonds. The fraction of sp³-hybridized carbons (Fsp3) is 0.214. The highest BCUT2D eigenvalue weighted by atomic mass is 35.5. The average Bonchev–Trinajstić information content (AvgIpc) is 2.93. The van der Waals surface area contributed by atoms with Gasteiger partial charge in [-0.3, -0.25) is 0 Å². The third-order valence-electron chi connectivity index (χ3n) is 3.18. The number of anilines is 1. The molecular formula is C14H14ClN5. The highest BCUT2D eigenvalue weighted by molar-refractivity contribution is 6.29. The Hall–Kier alpha value is -2.14. The molecule has 102 valence electrons. The van der Waals surface area contributed by atoms with E-state index in [1.807, 2.05) is 18.2 Å². The summed E-state index contributed by atoms with van der Waals surface area (Å²) in [5, 5.41) is 7.88. The topological polar surface area (TPSA) is 55.1 Å². The van der Waals surface area contributed by atoms with E-state index in [0.29, 0.717) is 16.8 Å². The van der Waals surface area contributed by atoms with Crippen LogP contribution in [0.25, 0.3) is 5.78 Å². The maximum absolute atomic E-state index is 5.98. The van der Waals surface area contributed by atoms with Gasteiger partial charge in [-0.2, -0.15) is 19.6 Å². The quantitative estimate of drug-likeness (QED) is 0.750. The Morgan fingerprint density at radius 2 is 2.10 bits per heavy atom. The molecule has 0 saturated carbocycles. The molecular weight excluding hydrogens is 274 g/mol. The van der Waals surface area contributed by atoms with Crippen LogP contribution < -0.4 is 5.32 Å². The number of nitrogens with zero attached hydrogens (tertiary/aromatic N) is 4. The van der Waals surface area contributed by atoms with E-state index in [-0.39, 0.29) is 0 Å². The molecule has 3 aromatic rings. The van der Waals surface area contributed by atoms with Crippen LogP contribution in [0.3, 0.4) is 0 Å². The first-order chi connectivity index (χ1) is 9.74. The summed E-state index contributed by atoms with van der Waals surface area (Å²) in [5.41, 5.74) is 1.29. The predicted molar refractivity (Wildman–Crippen MR) is 79.1 cm³/mol. The van der Waals surface area contributed by atoms with Crippen molar-refractivity contribution in [2.45, 2.75) is 12.8 Å². The molecule has 0 bridgehead atoms. The van der Waals surface area contributed by atoms with Crippen molar-refractivity contribution in [2.24, 2.45) is 0 Å². The predicted octanol–water partition coefficient (Wildman–Crippen LogP) is 2.99. The highest BCUT2D eigenvalue weighted by Gasteiger charge is 2.09. The standard InChI is InChI=1S/C14H14ClN5/c1-10(11-5-3-2-4-6-11)8-16-13-7-12(15)19-14-17-9-18-20(13)14/h2-7,9-10,16H,8H2,1H3. The Labute approximate surface area is 121 Å². The smallest absolute Gasteiger partial charge is 0.255 e. The molecule has 6 heteroatoms. The molecule has 1 unspecified atom stereocenters. The van der Waals surface area contributed by atoms with Gasteiger partial charge in [-0.15, -0.1) is 0 Å². The zero-order valence-electron chi connectivity index (χ0n) is 11.0.